The Morgan fingerprint density at radius 3 is 2.52 bits per heavy atom. The predicted molar refractivity (Wildman–Crippen MR) is 114 cm³/mol. The zero-order chi connectivity index (χ0) is 20.1. The highest BCUT2D eigenvalue weighted by Crippen LogP contribution is 2.23. The number of nitrogens with one attached hydrogen (secondary N) is 1. The van der Waals surface area contributed by atoms with Crippen LogP contribution in [0.15, 0.2) is 77.7 Å². The lowest BCUT2D eigenvalue weighted by atomic mass is 9.96. The number of amides is 1. The van der Waals surface area contributed by atoms with Gasteiger partial charge in [0.25, 0.3) is 5.56 Å². The third-order valence-corrected chi connectivity index (χ3v) is 5.23. The number of para-hydroxylation sites is 1. The van der Waals surface area contributed by atoms with E-state index in [4.69, 9.17) is 0 Å². The lowest BCUT2D eigenvalue weighted by molar-refractivity contribution is -0.120. The Morgan fingerprint density at radius 1 is 1.07 bits per heavy atom. The third-order valence-electron chi connectivity index (χ3n) is 5.23. The van der Waals surface area contributed by atoms with E-state index in [1.807, 2.05) is 60.7 Å². The van der Waals surface area contributed by atoms with Crippen LogP contribution in [0.5, 0.6) is 0 Å². The van der Waals surface area contributed by atoms with Crippen LogP contribution >= 0.6 is 0 Å². The van der Waals surface area contributed by atoms with Crippen LogP contribution in [0.3, 0.4) is 0 Å². The molecule has 1 aliphatic rings. The van der Waals surface area contributed by atoms with Gasteiger partial charge < -0.3 is 10.2 Å². The standard InChI is InChI=1S/C23H24N4O2/c28-22-14-21(15-24-27(22)16-18-8-3-1-4-9-18)26-13-7-10-19(17-26)23(29)25-20-11-5-2-6-12-20/h1-6,8-9,11-12,14-15,19H,7,10,13,16-17H2,(H,25,29)/t19-/m1/s1. The predicted octanol–water partition coefficient (Wildman–Crippen LogP) is 3.15. The second-order valence-corrected chi connectivity index (χ2v) is 7.34. The van der Waals surface area contributed by atoms with Gasteiger partial charge in [0.2, 0.25) is 5.91 Å². The second-order valence-electron chi connectivity index (χ2n) is 7.34. The number of hydrogen-bond acceptors (Lipinski definition) is 4. The first-order valence-corrected chi connectivity index (χ1v) is 9.91. The molecule has 0 aliphatic carbocycles. The fourth-order valence-electron chi connectivity index (χ4n) is 3.66. The summed E-state index contributed by atoms with van der Waals surface area (Å²) in [7, 11) is 0. The van der Waals surface area contributed by atoms with E-state index in [2.05, 4.69) is 15.3 Å². The quantitative estimate of drug-likeness (QED) is 0.729. The molecule has 148 valence electrons. The Balaban J connectivity index is 1.43. The first-order chi connectivity index (χ1) is 14.2. The van der Waals surface area contributed by atoms with Crippen LogP contribution < -0.4 is 15.8 Å². The van der Waals surface area contributed by atoms with E-state index in [-0.39, 0.29) is 17.4 Å². The molecule has 29 heavy (non-hydrogen) atoms. The van der Waals surface area contributed by atoms with Crippen molar-refractivity contribution in [3.8, 4) is 0 Å². The topological polar surface area (TPSA) is 67.2 Å². The van der Waals surface area contributed by atoms with Crippen LogP contribution in [0.25, 0.3) is 0 Å². The summed E-state index contributed by atoms with van der Waals surface area (Å²) in [6.07, 6.45) is 3.47. The highest BCUT2D eigenvalue weighted by atomic mass is 16.2. The maximum atomic E-state index is 12.6. The second kappa shape index (κ2) is 8.73. The van der Waals surface area contributed by atoms with Crippen molar-refractivity contribution in [1.82, 2.24) is 9.78 Å². The van der Waals surface area contributed by atoms with Gasteiger partial charge in [-0.05, 0) is 30.5 Å². The first-order valence-electron chi connectivity index (χ1n) is 9.91. The molecule has 0 unspecified atom stereocenters. The Bertz CT molecular complexity index is 1020. The monoisotopic (exact) mass is 388 g/mol. The minimum atomic E-state index is -0.137. The summed E-state index contributed by atoms with van der Waals surface area (Å²) in [4.78, 5) is 27.3. The van der Waals surface area contributed by atoms with Crippen molar-refractivity contribution in [2.45, 2.75) is 19.4 Å². The molecule has 1 fully saturated rings. The number of nitrogens with zero attached hydrogens (tertiary/aromatic N) is 3. The van der Waals surface area contributed by atoms with Crippen molar-refractivity contribution in [1.29, 1.82) is 0 Å². The van der Waals surface area contributed by atoms with Gasteiger partial charge in [0.15, 0.2) is 0 Å². The molecular weight excluding hydrogens is 364 g/mol. The molecule has 0 saturated carbocycles. The van der Waals surface area contributed by atoms with Gasteiger partial charge in [-0.2, -0.15) is 5.10 Å². The Kier molecular flexibility index (Phi) is 5.70. The molecule has 1 atom stereocenters. The first kappa shape index (κ1) is 18.9. The summed E-state index contributed by atoms with van der Waals surface area (Å²) in [5.41, 5.74) is 2.48. The van der Waals surface area contributed by atoms with E-state index in [9.17, 15) is 9.59 Å². The summed E-state index contributed by atoms with van der Waals surface area (Å²) in [6, 6.07) is 20.9. The van der Waals surface area contributed by atoms with Crippen LogP contribution in [0.1, 0.15) is 18.4 Å². The maximum absolute atomic E-state index is 12.6. The van der Waals surface area contributed by atoms with Gasteiger partial charge in [-0.15, -0.1) is 0 Å². The minimum absolute atomic E-state index is 0.0197. The highest BCUT2D eigenvalue weighted by Gasteiger charge is 2.26. The number of hydrogen-bond donors (Lipinski definition) is 1. The molecule has 0 spiro atoms. The summed E-state index contributed by atoms with van der Waals surface area (Å²) in [5.74, 6) is -0.0954. The van der Waals surface area contributed by atoms with Gasteiger partial charge in [0.05, 0.1) is 24.3 Å². The molecule has 6 nitrogen and oxygen atoms in total. The Morgan fingerprint density at radius 2 is 1.79 bits per heavy atom. The van der Waals surface area contributed by atoms with E-state index in [0.717, 1.165) is 36.3 Å². The molecule has 4 rings (SSSR count). The molecule has 1 saturated heterocycles. The van der Waals surface area contributed by atoms with Gasteiger partial charge in [-0.3, -0.25) is 9.59 Å². The smallest absolute Gasteiger partial charge is 0.269 e. The fourth-order valence-corrected chi connectivity index (χ4v) is 3.66. The van der Waals surface area contributed by atoms with Crippen LogP contribution in [0, 0.1) is 5.92 Å². The van der Waals surface area contributed by atoms with E-state index < -0.39 is 0 Å². The van der Waals surface area contributed by atoms with Crippen molar-refractivity contribution in [2.24, 2.45) is 5.92 Å². The van der Waals surface area contributed by atoms with E-state index in [1.54, 1.807) is 12.3 Å². The van der Waals surface area contributed by atoms with Crippen LogP contribution in [-0.4, -0.2) is 28.8 Å². The lowest BCUT2D eigenvalue weighted by Gasteiger charge is -2.33. The average Bonchev–Trinajstić information content (AvgIpc) is 2.77. The molecule has 1 amide bonds. The third kappa shape index (κ3) is 4.71. The van der Waals surface area contributed by atoms with Gasteiger partial charge in [0.1, 0.15) is 0 Å². The molecule has 1 N–H and O–H groups in total. The SMILES string of the molecule is O=C(Nc1ccccc1)[C@@H]1CCCN(c2cnn(Cc3ccccc3)c(=O)c2)C1. The summed E-state index contributed by atoms with van der Waals surface area (Å²) >= 11 is 0. The van der Waals surface area contributed by atoms with Crippen LogP contribution in [-0.2, 0) is 11.3 Å². The van der Waals surface area contributed by atoms with Gasteiger partial charge >= 0.3 is 0 Å². The number of rotatable bonds is 5. The summed E-state index contributed by atoms with van der Waals surface area (Å²) in [5, 5.41) is 7.33. The van der Waals surface area contributed by atoms with Crippen LogP contribution in [0.2, 0.25) is 0 Å². The normalized spacial score (nSPS) is 16.4. The Labute approximate surface area is 169 Å². The summed E-state index contributed by atoms with van der Waals surface area (Å²) < 4.78 is 1.46. The summed E-state index contributed by atoms with van der Waals surface area (Å²) in [6.45, 7) is 1.85. The molecule has 1 aromatic heterocycles. The average molecular weight is 388 g/mol. The Hall–Kier alpha value is -3.41. The fraction of sp³-hybridized carbons (Fsp3) is 0.261. The van der Waals surface area contributed by atoms with E-state index >= 15 is 0 Å². The van der Waals surface area contributed by atoms with Crippen molar-refractivity contribution < 1.29 is 4.79 Å². The number of benzene rings is 2. The van der Waals surface area contributed by atoms with Crippen molar-refractivity contribution in [3.63, 3.8) is 0 Å². The number of piperidine rings is 1. The van der Waals surface area contributed by atoms with Gasteiger partial charge in [-0.1, -0.05) is 48.5 Å². The molecule has 2 heterocycles. The molecular formula is C23H24N4O2. The van der Waals surface area contributed by atoms with Gasteiger partial charge in [-0.25, -0.2) is 4.68 Å². The number of carbonyl (C=O) groups excluding carboxylic acids is 1. The minimum Gasteiger partial charge on any atom is -0.369 e. The maximum Gasteiger partial charge on any atom is 0.269 e. The van der Waals surface area contributed by atoms with Crippen molar-refractivity contribution in [3.05, 3.63) is 88.8 Å². The number of aromatic nitrogens is 2. The molecule has 0 radical (unpaired) electrons. The van der Waals surface area contributed by atoms with Crippen LogP contribution in [0.4, 0.5) is 11.4 Å². The lowest BCUT2D eigenvalue weighted by Crippen LogP contribution is -2.41. The number of carbonyl (C=O) groups is 1. The molecule has 3 aromatic rings. The molecule has 6 heteroatoms. The molecule has 0 bridgehead atoms. The van der Waals surface area contributed by atoms with E-state index in [1.165, 1.54) is 4.68 Å². The molecule has 2 aromatic carbocycles. The van der Waals surface area contributed by atoms with Crippen molar-refractivity contribution >= 4 is 17.3 Å². The largest absolute Gasteiger partial charge is 0.369 e. The van der Waals surface area contributed by atoms with E-state index in [0.29, 0.717) is 13.1 Å². The zero-order valence-electron chi connectivity index (χ0n) is 16.2. The van der Waals surface area contributed by atoms with Gasteiger partial charge in [0, 0.05) is 24.8 Å². The highest BCUT2D eigenvalue weighted by molar-refractivity contribution is 5.93. The molecule has 1 aliphatic heterocycles. The zero-order valence-corrected chi connectivity index (χ0v) is 16.2. The van der Waals surface area contributed by atoms with Crippen molar-refractivity contribution in [2.75, 3.05) is 23.3 Å². The number of anilines is 2.